The lowest BCUT2D eigenvalue weighted by Crippen LogP contribution is -2.19. The van der Waals surface area contributed by atoms with Gasteiger partial charge in [-0.05, 0) is 39.4 Å². The van der Waals surface area contributed by atoms with Crippen LogP contribution in [0.15, 0.2) is 18.5 Å². The molecule has 2 aromatic rings. The summed E-state index contributed by atoms with van der Waals surface area (Å²) in [6.45, 7) is 2.81. The molecule has 1 aliphatic heterocycles. The zero-order valence-electron chi connectivity index (χ0n) is 11.7. The van der Waals surface area contributed by atoms with E-state index in [4.69, 9.17) is 4.74 Å². The minimum Gasteiger partial charge on any atom is -0.479 e. The Morgan fingerprint density at radius 1 is 1.37 bits per heavy atom. The van der Waals surface area contributed by atoms with Crippen LogP contribution in [0.5, 0.6) is 5.88 Å². The molecule has 19 heavy (non-hydrogen) atoms. The Kier molecular flexibility index (Phi) is 3.42. The van der Waals surface area contributed by atoms with Crippen LogP contribution in [0.3, 0.4) is 0 Å². The molecule has 102 valence electrons. The molecule has 0 aromatic carbocycles. The van der Waals surface area contributed by atoms with Gasteiger partial charge in [-0.2, -0.15) is 0 Å². The molecule has 0 radical (unpaired) electrons. The molecule has 0 atom stereocenters. The minimum atomic E-state index is 0.832. The van der Waals surface area contributed by atoms with Crippen molar-refractivity contribution < 1.29 is 4.74 Å². The fourth-order valence-corrected chi connectivity index (χ4v) is 2.74. The van der Waals surface area contributed by atoms with E-state index in [9.17, 15) is 0 Å². The molecule has 0 amide bonds. The molecular weight excluding hydrogens is 238 g/mol. The molecule has 2 aromatic heterocycles. The van der Waals surface area contributed by atoms with Crippen LogP contribution in [-0.2, 0) is 13.0 Å². The topological polar surface area (TPSA) is 30.3 Å². The smallest absolute Gasteiger partial charge is 0.197 e. The monoisotopic (exact) mass is 259 g/mol. The third kappa shape index (κ3) is 2.32. The van der Waals surface area contributed by atoms with Gasteiger partial charge >= 0.3 is 0 Å². The van der Waals surface area contributed by atoms with Gasteiger partial charge in [-0.3, -0.25) is 4.98 Å². The number of rotatable bonds is 3. The van der Waals surface area contributed by atoms with E-state index in [1.54, 1.807) is 0 Å². The third-order valence-electron chi connectivity index (χ3n) is 3.75. The second-order valence-corrected chi connectivity index (χ2v) is 5.44. The summed E-state index contributed by atoms with van der Waals surface area (Å²) in [5.74, 6) is 1.07. The van der Waals surface area contributed by atoms with Crippen molar-refractivity contribution in [3.8, 4) is 5.88 Å². The highest BCUT2D eigenvalue weighted by molar-refractivity contribution is 5.86. The summed E-state index contributed by atoms with van der Waals surface area (Å²) in [7, 11) is 4.21. The first kappa shape index (κ1) is 12.5. The molecule has 0 unspecified atom stereocenters. The maximum atomic E-state index is 6.01. The van der Waals surface area contributed by atoms with Crippen molar-refractivity contribution in [2.45, 2.75) is 25.8 Å². The largest absolute Gasteiger partial charge is 0.479 e. The summed E-state index contributed by atoms with van der Waals surface area (Å²) in [5, 5.41) is 1.26. The van der Waals surface area contributed by atoms with Gasteiger partial charge in [0.25, 0.3) is 0 Å². The average Bonchev–Trinajstić information content (AvgIpc) is 2.56. The molecule has 0 saturated heterocycles. The van der Waals surface area contributed by atoms with E-state index in [1.807, 2.05) is 12.4 Å². The predicted octanol–water partition coefficient (Wildman–Crippen LogP) is 2.31. The van der Waals surface area contributed by atoms with Gasteiger partial charge in [-0.15, -0.1) is 0 Å². The molecule has 0 spiro atoms. The number of fused-ring (bicyclic) bond motifs is 3. The zero-order valence-corrected chi connectivity index (χ0v) is 11.7. The molecule has 0 fully saturated rings. The standard InChI is InChI=1S/C15H21N3O/c1-17(2)8-9-18-14-6-7-16-11-13(14)12-5-3-4-10-19-15(12)18/h6-7,11H,3-5,8-10H2,1-2H3. The highest BCUT2D eigenvalue weighted by atomic mass is 16.5. The first-order chi connectivity index (χ1) is 9.27. The summed E-state index contributed by atoms with van der Waals surface area (Å²) >= 11 is 0. The number of ether oxygens (including phenoxy) is 1. The molecule has 0 saturated carbocycles. The van der Waals surface area contributed by atoms with Crippen molar-refractivity contribution in [2.24, 2.45) is 0 Å². The lowest BCUT2D eigenvalue weighted by molar-refractivity contribution is 0.284. The predicted molar refractivity (Wildman–Crippen MR) is 76.7 cm³/mol. The van der Waals surface area contributed by atoms with Crippen LogP contribution in [0, 0.1) is 0 Å². The van der Waals surface area contributed by atoms with Crippen LogP contribution in [0.2, 0.25) is 0 Å². The second kappa shape index (κ2) is 5.21. The Bertz CT molecular complexity index is 574. The highest BCUT2D eigenvalue weighted by Crippen LogP contribution is 2.34. The van der Waals surface area contributed by atoms with E-state index >= 15 is 0 Å². The van der Waals surface area contributed by atoms with Crippen LogP contribution in [-0.4, -0.2) is 41.7 Å². The third-order valence-corrected chi connectivity index (χ3v) is 3.75. The van der Waals surface area contributed by atoms with Gasteiger partial charge < -0.3 is 14.2 Å². The fraction of sp³-hybridized carbons (Fsp3) is 0.533. The van der Waals surface area contributed by atoms with E-state index in [0.717, 1.165) is 38.4 Å². The van der Waals surface area contributed by atoms with E-state index in [-0.39, 0.29) is 0 Å². The molecule has 3 rings (SSSR count). The Hall–Kier alpha value is -1.55. The van der Waals surface area contributed by atoms with E-state index in [0.29, 0.717) is 0 Å². The number of nitrogens with zero attached hydrogens (tertiary/aromatic N) is 3. The normalized spacial score (nSPS) is 15.3. The van der Waals surface area contributed by atoms with Crippen molar-refractivity contribution in [3.05, 3.63) is 24.0 Å². The Morgan fingerprint density at radius 2 is 2.26 bits per heavy atom. The van der Waals surface area contributed by atoms with Crippen LogP contribution in [0.1, 0.15) is 18.4 Å². The Morgan fingerprint density at radius 3 is 3.11 bits per heavy atom. The number of hydrogen-bond donors (Lipinski definition) is 0. The molecule has 0 N–H and O–H groups in total. The van der Waals surface area contributed by atoms with E-state index in [1.165, 1.54) is 22.9 Å². The van der Waals surface area contributed by atoms with Gasteiger partial charge in [-0.25, -0.2) is 0 Å². The maximum Gasteiger partial charge on any atom is 0.197 e. The molecule has 0 bridgehead atoms. The van der Waals surface area contributed by atoms with Crippen LogP contribution < -0.4 is 4.74 Å². The van der Waals surface area contributed by atoms with Crippen LogP contribution >= 0.6 is 0 Å². The van der Waals surface area contributed by atoms with Gasteiger partial charge in [0.1, 0.15) is 0 Å². The van der Waals surface area contributed by atoms with Crippen molar-refractivity contribution in [2.75, 3.05) is 27.2 Å². The molecule has 0 aliphatic carbocycles. The van der Waals surface area contributed by atoms with Crippen LogP contribution in [0.25, 0.3) is 10.9 Å². The molecule has 4 heteroatoms. The van der Waals surface area contributed by atoms with Gasteiger partial charge in [0.15, 0.2) is 5.88 Å². The summed E-state index contributed by atoms with van der Waals surface area (Å²) < 4.78 is 8.33. The van der Waals surface area contributed by atoms with Gasteiger partial charge in [-0.1, -0.05) is 0 Å². The Labute approximate surface area is 114 Å². The van der Waals surface area contributed by atoms with Gasteiger partial charge in [0.05, 0.1) is 12.1 Å². The van der Waals surface area contributed by atoms with Crippen molar-refractivity contribution >= 4 is 10.9 Å². The van der Waals surface area contributed by atoms with Crippen molar-refractivity contribution in [1.82, 2.24) is 14.5 Å². The summed E-state index contributed by atoms with van der Waals surface area (Å²) in [5.41, 5.74) is 2.60. The fourth-order valence-electron chi connectivity index (χ4n) is 2.74. The SMILES string of the molecule is CN(C)CCn1c2c(c3cnccc31)CCCCO2. The molecule has 3 heterocycles. The quantitative estimate of drug-likeness (QED) is 0.847. The summed E-state index contributed by atoms with van der Waals surface area (Å²) in [6.07, 6.45) is 7.30. The number of aryl methyl sites for hydroxylation is 1. The first-order valence-corrected chi connectivity index (χ1v) is 7.00. The average molecular weight is 259 g/mol. The molecule has 4 nitrogen and oxygen atoms in total. The molecule has 1 aliphatic rings. The van der Waals surface area contributed by atoms with Gasteiger partial charge in [0.2, 0.25) is 0 Å². The van der Waals surface area contributed by atoms with Gasteiger partial charge in [0, 0.05) is 36.4 Å². The van der Waals surface area contributed by atoms with Crippen LogP contribution in [0.4, 0.5) is 0 Å². The highest BCUT2D eigenvalue weighted by Gasteiger charge is 2.20. The zero-order chi connectivity index (χ0) is 13.2. The van der Waals surface area contributed by atoms with Crippen molar-refractivity contribution in [1.29, 1.82) is 0 Å². The first-order valence-electron chi connectivity index (χ1n) is 7.00. The lowest BCUT2D eigenvalue weighted by atomic mass is 10.1. The van der Waals surface area contributed by atoms with E-state index < -0.39 is 0 Å². The maximum absolute atomic E-state index is 6.01. The van der Waals surface area contributed by atoms with Crippen molar-refractivity contribution in [3.63, 3.8) is 0 Å². The number of pyridine rings is 1. The summed E-state index contributed by atoms with van der Waals surface area (Å²) in [6, 6.07) is 2.10. The number of aromatic nitrogens is 2. The second-order valence-electron chi connectivity index (χ2n) is 5.44. The Balaban J connectivity index is 2.09. The van der Waals surface area contributed by atoms with E-state index in [2.05, 4.69) is 34.6 Å². The number of likely N-dealkylation sites (N-methyl/N-ethyl adjacent to an activating group) is 1. The molecular formula is C15H21N3O. The number of hydrogen-bond acceptors (Lipinski definition) is 3. The minimum absolute atomic E-state index is 0.832. The lowest BCUT2D eigenvalue weighted by Gasteiger charge is -2.14. The summed E-state index contributed by atoms with van der Waals surface area (Å²) in [4.78, 5) is 6.49.